The molecule has 1 aromatic rings. The first kappa shape index (κ1) is 12.2. The van der Waals surface area contributed by atoms with Crippen LogP contribution in [0.1, 0.15) is 18.9 Å². The van der Waals surface area contributed by atoms with Gasteiger partial charge in [-0.1, -0.05) is 30.3 Å². The van der Waals surface area contributed by atoms with E-state index < -0.39 is 6.04 Å². The van der Waals surface area contributed by atoms with Crippen molar-refractivity contribution in [1.82, 2.24) is 5.06 Å². The summed E-state index contributed by atoms with van der Waals surface area (Å²) >= 11 is 0. The number of hydrogen-bond donors (Lipinski definition) is 1. The maximum atomic E-state index is 11.4. The van der Waals surface area contributed by atoms with Crippen molar-refractivity contribution in [1.29, 1.82) is 0 Å². The van der Waals surface area contributed by atoms with Gasteiger partial charge in [-0.3, -0.25) is 4.79 Å². The van der Waals surface area contributed by atoms with Gasteiger partial charge in [0.25, 0.3) is 0 Å². The third-order valence-corrected chi connectivity index (χ3v) is 3.04. The molecular formula is C13H17NO3. The molecule has 2 rings (SSSR count). The zero-order valence-electron chi connectivity index (χ0n) is 9.87. The van der Waals surface area contributed by atoms with E-state index in [0.717, 1.165) is 10.6 Å². The van der Waals surface area contributed by atoms with Gasteiger partial charge >= 0.3 is 0 Å². The highest BCUT2D eigenvalue weighted by Gasteiger charge is 2.37. The Morgan fingerprint density at radius 2 is 2.18 bits per heavy atom. The van der Waals surface area contributed by atoms with E-state index in [9.17, 15) is 10.0 Å². The number of benzene rings is 1. The van der Waals surface area contributed by atoms with Crippen LogP contribution in [0.15, 0.2) is 30.3 Å². The number of carbonyl (C=O) groups excluding carboxylic acids is 1. The molecule has 0 spiro atoms. The molecule has 4 heteroatoms. The van der Waals surface area contributed by atoms with Gasteiger partial charge in [-0.05, 0) is 18.9 Å². The number of carbonyl (C=O) groups is 1. The van der Waals surface area contributed by atoms with E-state index >= 15 is 0 Å². The molecule has 4 nitrogen and oxygen atoms in total. The summed E-state index contributed by atoms with van der Waals surface area (Å²) in [6.07, 6.45) is 0.478. The first-order valence-corrected chi connectivity index (χ1v) is 5.80. The summed E-state index contributed by atoms with van der Waals surface area (Å²) < 4.78 is 5.71. The molecule has 0 aromatic heterocycles. The molecule has 2 atom stereocenters. The second-order valence-corrected chi connectivity index (χ2v) is 4.34. The Hall–Kier alpha value is -1.23. The summed E-state index contributed by atoms with van der Waals surface area (Å²) in [7, 11) is 0. The average Bonchev–Trinajstić information content (AvgIpc) is 2.69. The molecule has 1 heterocycles. The third kappa shape index (κ3) is 2.91. The monoisotopic (exact) mass is 235 g/mol. The molecular weight excluding hydrogens is 218 g/mol. The lowest BCUT2D eigenvalue weighted by molar-refractivity contribution is -0.151. The van der Waals surface area contributed by atoms with Gasteiger partial charge in [-0.25, -0.2) is 0 Å². The quantitative estimate of drug-likeness (QED) is 0.861. The molecule has 1 aromatic carbocycles. The molecule has 0 unspecified atom stereocenters. The molecule has 1 aliphatic rings. The highest BCUT2D eigenvalue weighted by atomic mass is 16.5. The van der Waals surface area contributed by atoms with Crippen molar-refractivity contribution in [3.63, 3.8) is 0 Å². The van der Waals surface area contributed by atoms with Crippen molar-refractivity contribution in [3.05, 3.63) is 35.9 Å². The summed E-state index contributed by atoms with van der Waals surface area (Å²) in [4.78, 5) is 11.4. The largest absolute Gasteiger partial charge is 0.371 e. The zero-order valence-corrected chi connectivity index (χ0v) is 9.87. The molecule has 1 fully saturated rings. The van der Waals surface area contributed by atoms with Crippen LogP contribution in [-0.4, -0.2) is 34.7 Å². The molecule has 0 radical (unpaired) electrons. The summed E-state index contributed by atoms with van der Waals surface area (Å²) in [6, 6.07) is 9.30. The van der Waals surface area contributed by atoms with Crippen LogP contribution in [0.5, 0.6) is 0 Å². The van der Waals surface area contributed by atoms with Crippen LogP contribution >= 0.6 is 0 Å². The lowest BCUT2D eigenvalue weighted by Crippen LogP contribution is -2.39. The molecule has 1 N–H and O–H groups in total. The molecule has 0 aliphatic carbocycles. The Bertz CT molecular complexity index is 380. The van der Waals surface area contributed by atoms with Gasteiger partial charge in [-0.2, -0.15) is 5.06 Å². The summed E-state index contributed by atoms with van der Waals surface area (Å²) in [6.45, 7) is 2.45. The smallest absolute Gasteiger partial charge is 0.151 e. The minimum Gasteiger partial charge on any atom is -0.371 e. The van der Waals surface area contributed by atoms with Crippen molar-refractivity contribution in [2.75, 3.05) is 6.54 Å². The number of hydroxylamine groups is 2. The van der Waals surface area contributed by atoms with E-state index in [2.05, 4.69) is 0 Å². The molecule has 0 amide bonds. The van der Waals surface area contributed by atoms with Crippen LogP contribution in [0.25, 0.3) is 0 Å². The number of nitrogens with zero attached hydrogens (tertiary/aromatic N) is 1. The molecule has 1 saturated heterocycles. The normalized spacial score (nSPS) is 25.1. The van der Waals surface area contributed by atoms with E-state index in [1.807, 2.05) is 30.3 Å². The fourth-order valence-electron chi connectivity index (χ4n) is 2.17. The molecule has 0 saturated carbocycles. The van der Waals surface area contributed by atoms with Crippen LogP contribution < -0.4 is 0 Å². The molecule has 1 aliphatic heterocycles. The molecule has 92 valence electrons. The Morgan fingerprint density at radius 1 is 1.47 bits per heavy atom. The Balaban J connectivity index is 1.93. The number of ether oxygens (including phenoxy) is 1. The lowest BCUT2D eigenvalue weighted by atomic mass is 10.1. The first-order chi connectivity index (χ1) is 8.18. The van der Waals surface area contributed by atoms with Crippen molar-refractivity contribution in [2.24, 2.45) is 0 Å². The minimum atomic E-state index is -0.515. The fraction of sp³-hybridized carbons (Fsp3) is 0.462. The van der Waals surface area contributed by atoms with Gasteiger partial charge in [0.15, 0.2) is 5.78 Å². The highest BCUT2D eigenvalue weighted by Crippen LogP contribution is 2.21. The van der Waals surface area contributed by atoms with E-state index in [4.69, 9.17) is 4.74 Å². The minimum absolute atomic E-state index is 0.0527. The predicted octanol–water partition coefficient (Wildman–Crippen LogP) is 1.62. The summed E-state index contributed by atoms with van der Waals surface area (Å²) in [5.74, 6) is -0.0527. The Kier molecular flexibility index (Phi) is 3.89. The Morgan fingerprint density at radius 3 is 2.82 bits per heavy atom. The van der Waals surface area contributed by atoms with Gasteiger partial charge in [-0.15, -0.1) is 0 Å². The second kappa shape index (κ2) is 5.40. The van der Waals surface area contributed by atoms with Gasteiger partial charge in [0.2, 0.25) is 0 Å². The highest BCUT2D eigenvalue weighted by molar-refractivity contribution is 5.82. The van der Waals surface area contributed by atoms with Gasteiger partial charge in [0.1, 0.15) is 6.04 Å². The maximum Gasteiger partial charge on any atom is 0.151 e. The van der Waals surface area contributed by atoms with Crippen LogP contribution in [-0.2, 0) is 16.1 Å². The van der Waals surface area contributed by atoms with Gasteiger partial charge in [0, 0.05) is 6.54 Å². The summed E-state index contributed by atoms with van der Waals surface area (Å²) in [5, 5.41) is 10.6. The van der Waals surface area contributed by atoms with Gasteiger partial charge in [0.05, 0.1) is 12.7 Å². The zero-order chi connectivity index (χ0) is 12.3. The standard InChI is InChI=1S/C13H17NO3/c1-10(15)13-12(7-8-14(13)16)17-9-11-5-3-2-4-6-11/h2-6,12-13,16H,7-9H2,1H3/t12-,13-/m0/s1. The first-order valence-electron chi connectivity index (χ1n) is 5.80. The van der Waals surface area contributed by atoms with E-state index in [1.165, 1.54) is 6.92 Å². The lowest BCUT2D eigenvalue weighted by Gasteiger charge is -2.21. The Labute approximate surface area is 101 Å². The fourth-order valence-corrected chi connectivity index (χ4v) is 2.17. The average molecular weight is 235 g/mol. The number of hydrogen-bond acceptors (Lipinski definition) is 4. The van der Waals surface area contributed by atoms with E-state index in [0.29, 0.717) is 19.6 Å². The van der Waals surface area contributed by atoms with Gasteiger partial charge < -0.3 is 9.94 Å². The molecule has 0 bridgehead atoms. The summed E-state index contributed by atoms with van der Waals surface area (Å²) in [5.41, 5.74) is 1.08. The maximum absolute atomic E-state index is 11.4. The topological polar surface area (TPSA) is 49.8 Å². The van der Waals surface area contributed by atoms with E-state index in [-0.39, 0.29) is 11.9 Å². The third-order valence-electron chi connectivity index (χ3n) is 3.04. The van der Waals surface area contributed by atoms with E-state index in [1.54, 1.807) is 0 Å². The predicted molar refractivity (Wildman–Crippen MR) is 62.6 cm³/mol. The SMILES string of the molecule is CC(=O)[C@H]1[C@@H](OCc2ccccc2)CCN1O. The van der Waals surface area contributed by atoms with Crippen LogP contribution in [0, 0.1) is 0 Å². The van der Waals surface area contributed by atoms with Crippen molar-refractivity contribution < 1.29 is 14.7 Å². The van der Waals surface area contributed by atoms with Crippen LogP contribution in [0.3, 0.4) is 0 Å². The van der Waals surface area contributed by atoms with Crippen molar-refractivity contribution >= 4 is 5.78 Å². The number of rotatable bonds is 4. The van der Waals surface area contributed by atoms with Crippen LogP contribution in [0.4, 0.5) is 0 Å². The number of Topliss-reactive ketones (excluding diaryl/α,β-unsaturated/α-hetero) is 1. The van der Waals surface area contributed by atoms with Crippen LogP contribution in [0.2, 0.25) is 0 Å². The van der Waals surface area contributed by atoms with Crippen molar-refractivity contribution in [2.45, 2.75) is 32.1 Å². The molecule has 17 heavy (non-hydrogen) atoms. The second-order valence-electron chi connectivity index (χ2n) is 4.34. The number of ketones is 1. The van der Waals surface area contributed by atoms with Crippen molar-refractivity contribution in [3.8, 4) is 0 Å².